The van der Waals surface area contributed by atoms with Gasteiger partial charge in [0, 0.05) is 28.5 Å². The monoisotopic (exact) mass is 310 g/mol. The van der Waals surface area contributed by atoms with Crippen LogP contribution < -0.4 is 0 Å². The Morgan fingerprint density at radius 3 is 2.72 bits per heavy atom. The van der Waals surface area contributed by atoms with E-state index in [2.05, 4.69) is 0 Å². The molecule has 0 bridgehead atoms. The number of alkyl halides is 1. The van der Waals surface area contributed by atoms with Gasteiger partial charge in [0.25, 0.3) is 0 Å². The van der Waals surface area contributed by atoms with Crippen molar-refractivity contribution in [2.45, 2.75) is 55.8 Å². The van der Waals surface area contributed by atoms with Crippen LogP contribution >= 0.6 is 31.0 Å². The van der Waals surface area contributed by atoms with E-state index in [-0.39, 0.29) is 5.38 Å². The maximum Gasteiger partial charge on any atom is 0.355 e. The normalized spacial score (nSPS) is 39.7. The van der Waals surface area contributed by atoms with E-state index in [1.807, 2.05) is 13.8 Å². The van der Waals surface area contributed by atoms with Crippen LogP contribution in [0.3, 0.4) is 0 Å². The predicted octanol–water partition coefficient (Wildman–Crippen LogP) is 4.76. The lowest BCUT2D eigenvalue weighted by molar-refractivity contribution is 0.142. The van der Waals surface area contributed by atoms with Gasteiger partial charge in [-0.05, 0) is 26.7 Å². The van der Waals surface area contributed by atoms with Gasteiger partial charge in [0.15, 0.2) is 0 Å². The van der Waals surface area contributed by atoms with E-state index in [0.29, 0.717) is 5.25 Å². The minimum absolute atomic E-state index is 0.197. The van der Waals surface area contributed by atoms with Crippen LogP contribution in [-0.4, -0.2) is 23.3 Å². The van der Waals surface area contributed by atoms with Crippen LogP contribution in [0, 0.1) is 0 Å². The average Bonchev–Trinajstić information content (AvgIpc) is 2.53. The quantitative estimate of drug-likeness (QED) is 0.556. The van der Waals surface area contributed by atoms with Crippen LogP contribution in [0.5, 0.6) is 0 Å². The van der Waals surface area contributed by atoms with Crippen molar-refractivity contribution >= 4 is 31.0 Å². The van der Waals surface area contributed by atoms with Crippen molar-refractivity contribution in [3.05, 3.63) is 10.7 Å². The molecule has 6 heteroatoms. The molecule has 0 aromatic rings. The molecule has 1 aliphatic heterocycles. The van der Waals surface area contributed by atoms with E-state index in [4.69, 9.17) is 20.6 Å². The molecule has 2 aliphatic rings. The number of thioether (sulfide) groups is 1. The van der Waals surface area contributed by atoms with Crippen molar-refractivity contribution in [2.24, 2.45) is 0 Å². The molecule has 0 aromatic carbocycles. The highest BCUT2D eigenvalue weighted by Gasteiger charge is 2.43. The first-order valence-corrected chi connectivity index (χ1v) is 9.19. The van der Waals surface area contributed by atoms with Gasteiger partial charge >= 0.3 is 7.60 Å². The first-order valence-electron chi connectivity index (χ1n) is 6.26. The molecule has 1 fully saturated rings. The van der Waals surface area contributed by atoms with Crippen LogP contribution in [0.2, 0.25) is 0 Å². The summed E-state index contributed by atoms with van der Waals surface area (Å²) in [5.41, 5.74) is -0.537. The highest BCUT2D eigenvalue weighted by molar-refractivity contribution is 8.04. The fourth-order valence-corrected chi connectivity index (χ4v) is 6.21. The number of hydrogen-bond donors (Lipinski definition) is 0. The molecule has 0 radical (unpaired) electrons. The maximum atomic E-state index is 12.2. The molecule has 0 N–H and O–H groups in total. The van der Waals surface area contributed by atoms with Gasteiger partial charge in [0.1, 0.15) is 5.60 Å². The van der Waals surface area contributed by atoms with Crippen LogP contribution in [0.4, 0.5) is 0 Å². The van der Waals surface area contributed by atoms with Gasteiger partial charge in [-0.2, -0.15) is 0 Å². The number of hydrogen-bond acceptors (Lipinski definition) is 4. The molecule has 3 nitrogen and oxygen atoms in total. The van der Waals surface area contributed by atoms with E-state index in [1.165, 1.54) is 20.0 Å². The summed E-state index contributed by atoms with van der Waals surface area (Å²) in [6, 6.07) is 0. The van der Waals surface area contributed by atoms with Crippen LogP contribution in [0.15, 0.2) is 10.7 Å². The smallest absolute Gasteiger partial charge is 0.309 e. The third kappa shape index (κ3) is 3.16. The Morgan fingerprint density at radius 2 is 2.17 bits per heavy atom. The number of halogens is 1. The second-order valence-electron chi connectivity index (χ2n) is 5.27. The Labute approximate surface area is 118 Å². The summed E-state index contributed by atoms with van der Waals surface area (Å²) in [5, 5.41) is 0.584. The predicted molar refractivity (Wildman–Crippen MR) is 77.4 cm³/mol. The molecule has 1 saturated carbocycles. The molecular weight excluding hydrogens is 291 g/mol. The van der Waals surface area contributed by atoms with Crippen molar-refractivity contribution in [1.82, 2.24) is 0 Å². The lowest BCUT2D eigenvalue weighted by Gasteiger charge is -2.30. The molecule has 0 unspecified atom stereocenters. The first-order chi connectivity index (χ1) is 8.36. The fraction of sp³-hybridized carbons (Fsp3) is 0.833. The number of rotatable bonds is 3. The van der Waals surface area contributed by atoms with E-state index >= 15 is 0 Å². The van der Waals surface area contributed by atoms with E-state index in [1.54, 1.807) is 17.6 Å². The molecule has 0 aromatic heterocycles. The molecule has 0 amide bonds. The molecular formula is C12H20ClO3PS. The van der Waals surface area contributed by atoms with Gasteiger partial charge in [-0.25, -0.2) is 0 Å². The Bertz CT molecular complexity index is 397. The minimum Gasteiger partial charge on any atom is -0.309 e. The second-order valence-corrected chi connectivity index (χ2v) is 9.00. The van der Waals surface area contributed by atoms with Crippen LogP contribution in [0.25, 0.3) is 0 Å². The molecule has 18 heavy (non-hydrogen) atoms. The summed E-state index contributed by atoms with van der Waals surface area (Å²) in [7, 11) is -1.62. The highest BCUT2D eigenvalue weighted by Crippen LogP contribution is 2.63. The summed E-state index contributed by atoms with van der Waals surface area (Å²) in [4.78, 5) is 0.991. The van der Waals surface area contributed by atoms with Crippen molar-refractivity contribution < 1.29 is 13.6 Å². The van der Waals surface area contributed by atoms with Gasteiger partial charge in [-0.15, -0.1) is 23.4 Å². The zero-order valence-corrected chi connectivity index (χ0v) is 13.5. The summed E-state index contributed by atoms with van der Waals surface area (Å²) in [6.07, 6.45) is 4.61. The lowest BCUT2D eigenvalue weighted by atomic mass is 10.00. The SMILES string of the molecule is CO[P@@]1(=O)C=C(S[C@@H]2CCCC[C@H]2Cl)C(C)(C)O1. The largest absolute Gasteiger partial charge is 0.355 e. The van der Waals surface area contributed by atoms with Gasteiger partial charge < -0.3 is 4.52 Å². The summed E-state index contributed by atoms with van der Waals surface area (Å²) >= 11 is 8.08. The Morgan fingerprint density at radius 1 is 1.50 bits per heavy atom. The fourth-order valence-electron chi connectivity index (χ4n) is 2.30. The highest BCUT2D eigenvalue weighted by atomic mass is 35.5. The zero-order chi connectivity index (χ0) is 13.4. The third-order valence-electron chi connectivity index (χ3n) is 3.38. The molecule has 1 aliphatic carbocycles. The molecule has 2 rings (SSSR count). The molecule has 1 heterocycles. The summed E-state index contributed by atoms with van der Waals surface area (Å²) in [5.74, 6) is 1.66. The van der Waals surface area contributed by atoms with E-state index in [9.17, 15) is 4.57 Å². The van der Waals surface area contributed by atoms with E-state index in [0.717, 1.165) is 17.7 Å². The zero-order valence-electron chi connectivity index (χ0n) is 11.0. The molecule has 0 saturated heterocycles. The lowest BCUT2D eigenvalue weighted by Crippen LogP contribution is -2.26. The first kappa shape index (κ1) is 14.9. The van der Waals surface area contributed by atoms with Gasteiger partial charge in [-0.3, -0.25) is 9.09 Å². The topological polar surface area (TPSA) is 35.5 Å². The third-order valence-corrected chi connectivity index (χ3v) is 7.75. The van der Waals surface area contributed by atoms with Crippen molar-refractivity contribution in [2.75, 3.05) is 7.11 Å². The van der Waals surface area contributed by atoms with Crippen molar-refractivity contribution in [3.63, 3.8) is 0 Å². The maximum absolute atomic E-state index is 12.2. The van der Waals surface area contributed by atoms with Gasteiger partial charge in [-0.1, -0.05) is 12.8 Å². The van der Waals surface area contributed by atoms with E-state index < -0.39 is 13.2 Å². The second kappa shape index (κ2) is 5.49. The molecule has 3 atom stereocenters. The average molecular weight is 311 g/mol. The Balaban J connectivity index is 2.12. The molecule has 0 spiro atoms. The van der Waals surface area contributed by atoms with Crippen molar-refractivity contribution in [1.29, 1.82) is 0 Å². The minimum atomic E-state index is -3.04. The van der Waals surface area contributed by atoms with Gasteiger partial charge in [0.2, 0.25) is 0 Å². The van der Waals surface area contributed by atoms with Crippen LogP contribution in [0.1, 0.15) is 39.5 Å². The standard InChI is InChI=1S/C12H20ClO3PS/c1-12(2)11(8-17(14,15-3)16-12)18-10-7-5-4-6-9(10)13/h8-10H,4-7H2,1-3H3/t9-,10-,17+/m1/s1. The summed E-state index contributed by atoms with van der Waals surface area (Å²) in [6.45, 7) is 3.85. The van der Waals surface area contributed by atoms with Gasteiger partial charge in [0.05, 0.1) is 0 Å². The van der Waals surface area contributed by atoms with Crippen molar-refractivity contribution in [3.8, 4) is 0 Å². The molecule has 104 valence electrons. The van der Waals surface area contributed by atoms with Crippen LogP contribution in [-0.2, 0) is 13.6 Å². The summed E-state index contributed by atoms with van der Waals surface area (Å²) < 4.78 is 22.7. The Hall–Kier alpha value is 0.530. The Kier molecular flexibility index (Phi) is 4.56.